The predicted molar refractivity (Wildman–Crippen MR) is 58.9 cm³/mol. The summed E-state index contributed by atoms with van der Waals surface area (Å²) in [7, 11) is 2.93. The van der Waals surface area contributed by atoms with Gasteiger partial charge in [-0.15, -0.1) is 0 Å². The lowest BCUT2D eigenvalue weighted by molar-refractivity contribution is -0.131. The standard InChI is InChI=1S/C10H14N4O4/c1-5(15)13-7-8(12(4)9(13)17)14(6(2)16)10(18)11(7)3/h7-8H,1-4H3/t7-,8+. The SMILES string of the molecule is CC(=O)N1C(=O)N(C)[C@@H]2[C@@H]1N(C)C(=O)N2C(C)=O. The lowest BCUT2D eigenvalue weighted by Crippen LogP contribution is -2.46. The highest BCUT2D eigenvalue weighted by atomic mass is 16.2. The summed E-state index contributed by atoms with van der Waals surface area (Å²) in [5, 5.41) is 0. The minimum absolute atomic E-state index is 0.454. The van der Waals surface area contributed by atoms with Gasteiger partial charge in [-0.05, 0) is 0 Å². The fourth-order valence-electron chi connectivity index (χ4n) is 2.45. The maximum atomic E-state index is 11.9. The van der Waals surface area contributed by atoms with Gasteiger partial charge < -0.3 is 9.80 Å². The molecule has 2 fully saturated rings. The molecule has 0 aliphatic carbocycles. The molecule has 0 unspecified atom stereocenters. The van der Waals surface area contributed by atoms with Gasteiger partial charge in [0.25, 0.3) is 0 Å². The molecule has 0 aromatic rings. The van der Waals surface area contributed by atoms with Gasteiger partial charge in [-0.25, -0.2) is 19.4 Å². The number of rotatable bonds is 0. The predicted octanol–water partition coefficient (Wildman–Crippen LogP) is -0.534. The topological polar surface area (TPSA) is 81.2 Å². The molecule has 2 saturated heterocycles. The van der Waals surface area contributed by atoms with Crippen LogP contribution in [0.1, 0.15) is 13.8 Å². The molecule has 2 aliphatic rings. The van der Waals surface area contributed by atoms with Crippen LogP contribution in [0.5, 0.6) is 0 Å². The summed E-state index contributed by atoms with van der Waals surface area (Å²) in [4.78, 5) is 51.3. The Hall–Kier alpha value is -2.12. The third kappa shape index (κ3) is 1.31. The van der Waals surface area contributed by atoms with Crippen LogP contribution in [0.25, 0.3) is 0 Å². The van der Waals surface area contributed by atoms with Crippen LogP contribution in [-0.4, -0.2) is 69.9 Å². The number of likely N-dealkylation sites (N-methyl/N-ethyl adjacent to an activating group) is 2. The normalized spacial score (nSPS) is 27.1. The number of hydrogen-bond acceptors (Lipinski definition) is 4. The third-order valence-electron chi connectivity index (χ3n) is 3.28. The Labute approximate surface area is 104 Å². The molecule has 0 aromatic carbocycles. The Morgan fingerprint density at radius 2 is 1.11 bits per heavy atom. The Kier molecular flexibility index (Phi) is 2.53. The van der Waals surface area contributed by atoms with Gasteiger partial charge in [-0.3, -0.25) is 9.59 Å². The molecule has 8 nitrogen and oxygen atoms in total. The minimum atomic E-state index is -0.753. The third-order valence-corrected chi connectivity index (χ3v) is 3.28. The smallest absolute Gasteiger partial charge is 0.302 e. The molecule has 18 heavy (non-hydrogen) atoms. The van der Waals surface area contributed by atoms with Gasteiger partial charge in [0.2, 0.25) is 11.8 Å². The zero-order valence-electron chi connectivity index (χ0n) is 10.6. The molecule has 2 rings (SSSR count). The Morgan fingerprint density at radius 3 is 1.33 bits per heavy atom. The van der Waals surface area contributed by atoms with E-state index < -0.39 is 36.2 Å². The molecule has 2 atom stereocenters. The van der Waals surface area contributed by atoms with E-state index in [1.165, 1.54) is 37.7 Å². The molecule has 0 saturated carbocycles. The van der Waals surface area contributed by atoms with Gasteiger partial charge in [-0.2, -0.15) is 0 Å². The van der Waals surface area contributed by atoms with E-state index in [-0.39, 0.29) is 0 Å². The highest BCUT2D eigenvalue weighted by Gasteiger charge is 2.59. The molecular weight excluding hydrogens is 240 g/mol. The molecular formula is C10H14N4O4. The summed E-state index contributed by atoms with van der Waals surface area (Å²) in [6.07, 6.45) is -1.51. The average molecular weight is 254 g/mol. The van der Waals surface area contributed by atoms with E-state index in [1.54, 1.807) is 0 Å². The lowest BCUT2D eigenvalue weighted by Gasteiger charge is -2.23. The number of hydrogen-bond donors (Lipinski definition) is 0. The second-order valence-electron chi connectivity index (χ2n) is 4.39. The molecule has 6 amide bonds. The highest BCUT2D eigenvalue weighted by molar-refractivity contribution is 6.01. The van der Waals surface area contributed by atoms with E-state index in [2.05, 4.69) is 0 Å². The fraction of sp³-hybridized carbons (Fsp3) is 0.600. The van der Waals surface area contributed by atoms with Crippen molar-refractivity contribution in [2.75, 3.05) is 14.1 Å². The summed E-state index contributed by atoms with van der Waals surface area (Å²) < 4.78 is 0. The summed E-state index contributed by atoms with van der Waals surface area (Å²) in [6, 6.07) is -1.02. The first-order valence-corrected chi connectivity index (χ1v) is 5.42. The second kappa shape index (κ2) is 3.69. The van der Waals surface area contributed by atoms with Crippen molar-refractivity contribution in [3.8, 4) is 0 Å². The molecule has 8 heteroatoms. The number of carbonyl (C=O) groups is 4. The molecule has 0 bridgehead atoms. The zero-order valence-corrected chi connectivity index (χ0v) is 10.6. The minimum Gasteiger partial charge on any atom is -0.302 e. The number of nitrogens with zero attached hydrogens (tertiary/aromatic N) is 4. The lowest BCUT2D eigenvalue weighted by atomic mass is 10.3. The Morgan fingerprint density at radius 1 is 0.833 bits per heavy atom. The van der Waals surface area contributed by atoms with Gasteiger partial charge >= 0.3 is 12.1 Å². The second-order valence-corrected chi connectivity index (χ2v) is 4.39. The van der Waals surface area contributed by atoms with Crippen molar-refractivity contribution in [2.24, 2.45) is 0 Å². The van der Waals surface area contributed by atoms with E-state index >= 15 is 0 Å². The first-order valence-electron chi connectivity index (χ1n) is 5.42. The number of urea groups is 2. The molecule has 0 radical (unpaired) electrons. The van der Waals surface area contributed by atoms with Crippen molar-refractivity contribution in [3.63, 3.8) is 0 Å². The molecule has 2 aliphatic heterocycles. The zero-order chi connectivity index (χ0) is 13.8. The van der Waals surface area contributed by atoms with Crippen LogP contribution in [0.15, 0.2) is 0 Å². The van der Waals surface area contributed by atoms with Gasteiger partial charge in [-0.1, -0.05) is 0 Å². The quantitative estimate of drug-likeness (QED) is 0.581. The summed E-state index contributed by atoms with van der Waals surface area (Å²) in [6.45, 7) is 2.51. The fourth-order valence-corrected chi connectivity index (χ4v) is 2.45. The molecule has 0 spiro atoms. The van der Waals surface area contributed by atoms with Crippen molar-refractivity contribution in [1.82, 2.24) is 19.6 Å². The molecule has 98 valence electrons. The van der Waals surface area contributed by atoms with E-state index in [1.807, 2.05) is 0 Å². The first kappa shape index (κ1) is 12.3. The molecule has 0 N–H and O–H groups in total. The van der Waals surface area contributed by atoms with Gasteiger partial charge in [0.1, 0.15) is 0 Å². The largest absolute Gasteiger partial charge is 0.330 e. The van der Waals surface area contributed by atoms with Crippen LogP contribution < -0.4 is 0 Å². The summed E-state index contributed by atoms with van der Waals surface area (Å²) in [5.74, 6) is -0.909. The number of imide groups is 2. The van der Waals surface area contributed by atoms with Crippen LogP contribution in [0.4, 0.5) is 9.59 Å². The van der Waals surface area contributed by atoms with Crippen molar-refractivity contribution in [1.29, 1.82) is 0 Å². The van der Waals surface area contributed by atoms with Crippen LogP contribution in [-0.2, 0) is 9.59 Å². The monoisotopic (exact) mass is 254 g/mol. The van der Waals surface area contributed by atoms with Crippen molar-refractivity contribution in [3.05, 3.63) is 0 Å². The van der Waals surface area contributed by atoms with Crippen molar-refractivity contribution < 1.29 is 19.2 Å². The Bertz CT molecular complexity index is 421. The highest BCUT2D eigenvalue weighted by Crippen LogP contribution is 2.33. The van der Waals surface area contributed by atoms with Gasteiger partial charge in [0, 0.05) is 27.9 Å². The average Bonchev–Trinajstić information content (AvgIpc) is 2.66. The Balaban J connectivity index is 2.49. The van der Waals surface area contributed by atoms with Crippen molar-refractivity contribution >= 4 is 23.9 Å². The summed E-state index contributed by atoms with van der Waals surface area (Å²) >= 11 is 0. The van der Waals surface area contributed by atoms with Crippen LogP contribution >= 0.6 is 0 Å². The molecule has 2 heterocycles. The molecule has 0 aromatic heterocycles. The summed E-state index contributed by atoms with van der Waals surface area (Å²) in [5.41, 5.74) is 0. The number of amides is 6. The van der Waals surface area contributed by atoms with Gasteiger partial charge in [0.05, 0.1) is 0 Å². The van der Waals surface area contributed by atoms with E-state index in [0.29, 0.717) is 0 Å². The maximum absolute atomic E-state index is 11.9. The van der Waals surface area contributed by atoms with Crippen LogP contribution in [0.2, 0.25) is 0 Å². The number of carbonyl (C=O) groups excluding carboxylic acids is 4. The van der Waals surface area contributed by atoms with E-state index in [4.69, 9.17) is 0 Å². The van der Waals surface area contributed by atoms with Crippen LogP contribution in [0, 0.1) is 0 Å². The van der Waals surface area contributed by atoms with Gasteiger partial charge in [0.15, 0.2) is 12.3 Å². The van der Waals surface area contributed by atoms with Crippen molar-refractivity contribution in [2.45, 2.75) is 26.2 Å². The van der Waals surface area contributed by atoms with Crippen LogP contribution in [0.3, 0.4) is 0 Å². The first-order chi connectivity index (χ1) is 8.29. The maximum Gasteiger partial charge on any atom is 0.330 e. The van der Waals surface area contributed by atoms with E-state index in [0.717, 1.165) is 9.80 Å². The number of fused-ring (bicyclic) bond motifs is 1. The van der Waals surface area contributed by atoms with E-state index in [9.17, 15) is 19.2 Å².